The number of fused-ring (bicyclic) bond motifs is 1. The third-order valence-electron chi connectivity index (χ3n) is 5.46. The molecule has 0 radical (unpaired) electrons. The summed E-state index contributed by atoms with van der Waals surface area (Å²) in [5.74, 6) is 2.10. The standard InChI is InChI=1S/C26H30N6.HI/c1-2-27-26(29-19-17-25-31-30-24-15-9-10-20-32(24)25)28-18-16-23(21-11-5-3-6-12-21)22-13-7-4-8-14-22;/h3-15,20,23H,2,16-19H2,1H3,(H2,27,28,29);1H. The summed E-state index contributed by atoms with van der Waals surface area (Å²) in [5.41, 5.74) is 3.52. The van der Waals surface area contributed by atoms with Crippen LogP contribution in [0, 0.1) is 0 Å². The van der Waals surface area contributed by atoms with E-state index in [9.17, 15) is 0 Å². The van der Waals surface area contributed by atoms with Gasteiger partial charge in [-0.3, -0.25) is 9.39 Å². The molecule has 33 heavy (non-hydrogen) atoms. The van der Waals surface area contributed by atoms with Gasteiger partial charge in [-0.15, -0.1) is 34.2 Å². The zero-order valence-electron chi connectivity index (χ0n) is 18.9. The van der Waals surface area contributed by atoms with Gasteiger partial charge in [-0.1, -0.05) is 66.7 Å². The molecule has 0 aliphatic heterocycles. The van der Waals surface area contributed by atoms with E-state index in [0.717, 1.165) is 49.9 Å². The second-order valence-corrected chi connectivity index (χ2v) is 7.65. The predicted molar refractivity (Wildman–Crippen MR) is 145 cm³/mol. The molecule has 0 saturated heterocycles. The van der Waals surface area contributed by atoms with Crippen molar-refractivity contribution in [2.24, 2.45) is 4.99 Å². The number of rotatable bonds is 9. The van der Waals surface area contributed by atoms with Crippen molar-refractivity contribution in [1.82, 2.24) is 25.2 Å². The lowest BCUT2D eigenvalue weighted by Gasteiger charge is -2.18. The van der Waals surface area contributed by atoms with Crippen LogP contribution in [-0.4, -0.2) is 40.2 Å². The molecule has 0 aliphatic rings. The van der Waals surface area contributed by atoms with E-state index in [-0.39, 0.29) is 24.0 Å². The summed E-state index contributed by atoms with van der Waals surface area (Å²) in [6.45, 7) is 4.38. The summed E-state index contributed by atoms with van der Waals surface area (Å²) in [6.07, 6.45) is 3.71. The number of aromatic nitrogens is 3. The molecular weight excluding hydrogens is 523 g/mol. The Bertz CT molecular complexity index is 1090. The molecule has 2 aromatic carbocycles. The monoisotopic (exact) mass is 554 g/mol. The van der Waals surface area contributed by atoms with E-state index in [1.165, 1.54) is 11.1 Å². The first kappa shape index (κ1) is 24.7. The highest BCUT2D eigenvalue weighted by Crippen LogP contribution is 2.27. The maximum absolute atomic E-state index is 4.84. The van der Waals surface area contributed by atoms with Crippen molar-refractivity contribution in [2.75, 3.05) is 19.6 Å². The molecule has 0 spiro atoms. The van der Waals surface area contributed by atoms with Gasteiger partial charge in [0.1, 0.15) is 5.82 Å². The molecule has 0 amide bonds. The first-order valence-electron chi connectivity index (χ1n) is 11.3. The highest BCUT2D eigenvalue weighted by atomic mass is 127. The third kappa shape index (κ3) is 6.77. The van der Waals surface area contributed by atoms with E-state index in [1.54, 1.807) is 0 Å². The van der Waals surface area contributed by atoms with Gasteiger partial charge in [-0.25, -0.2) is 0 Å². The Morgan fingerprint density at radius 3 is 2.21 bits per heavy atom. The zero-order valence-corrected chi connectivity index (χ0v) is 21.2. The Morgan fingerprint density at radius 1 is 0.879 bits per heavy atom. The number of aliphatic imine (C=N–C) groups is 1. The van der Waals surface area contributed by atoms with Crippen LogP contribution in [0.3, 0.4) is 0 Å². The summed E-state index contributed by atoms with van der Waals surface area (Å²) in [4.78, 5) is 4.84. The van der Waals surface area contributed by atoms with Crippen molar-refractivity contribution < 1.29 is 0 Å². The topological polar surface area (TPSA) is 66.6 Å². The van der Waals surface area contributed by atoms with Crippen molar-refractivity contribution in [2.45, 2.75) is 25.7 Å². The summed E-state index contributed by atoms with van der Waals surface area (Å²) in [7, 11) is 0. The molecule has 2 aromatic heterocycles. The Labute approximate surface area is 212 Å². The normalized spacial score (nSPS) is 11.4. The maximum atomic E-state index is 4.84. The summed E-state index contributed by atoms with van der Waals surface area (Å²) in [5, 5.41) is 15.3. The zero-order chi connectivity index (χ0) is 22.0. The van der Waals surface area contributed by atoms with Gasteiger partial charge < -0.3 is 10.6 Å². The van der Waals surface area contributed by atoms with E-state index in [4.69, 9.17) is 4.99 Å². The first-order chi connectivity index (χ1) is 15.8. The van der Waals surface area contributed by atoms with Crippen LogP contribution in [0.1, 0.15) is 36.2 Å². The number of hydrogen-bond acceptors (Lipinski definition) is 3. The fraction of sp³-hybridized carbons (Fsp3) is 0.269. The minimum atomic E-state index is 0. The second kappa shape index (κ2) is 12.9. The van der Waals surface area contributed by atoms with Gasteiger partial charge in [0.2, 0.25) is 0 Å². The Morgan fingerprint density at radius 2 is 1.55 bits per heavy atom. The second-order valence-electron chi connectivity index (χ2n) is 7.65. The molecule has 0 fully saturated rings. The van der Waals surface area contributed by atoms with Crippen LogP contribution >= 0.6 is 24.0 Å². The predicted octanol–water partition coefficient (Wildman–Crippen LogP) is 4.67. The van der Waals surface area contributed by atoms with Gasteiger partial charge in [0, 0.05) is 38.2 Å². The molecule has 2 N–H and O–H groups in total. The van der Waals surface area contributed by atoms with Gasteiger partial charge in [0.15, 0.2) is 11.6 Å². The van der Waals surface area contributed by atoms with Crippen LogP contribution in [-0.2, 0) is 6.42 Å². The molecule has 4 rings (SSSR count). The fourth-order valence-corrected chi connectivity index (χ4v) is 3.90. The van der Waals surface area contributed by atoms with Gasteiger partial charge in [0.05, 0.1) is 0 Å². The number of benzene rings is 2. The summed E-state index contributed by atoms with van der Waals surface area (Å²) in [6, 6.07) is 27.3. The van der Waals surface area contributed by atoms with Crippen LogP contribution < -0.4 is 10.6 Å². The molecule has 0 aliphatic carbocycles. The number of halogens is 1. The average molecular weight is 554 g/mol. The number of nitrogens with zero attached hydrogens (tertiary/aromatic N) is 4. The van der Waals surface area contributed by atoms with E-state index in [2.05, 4.69) is 88.4 Å². The van der Waals surface area contributed by atoms with Crippen molar-refractivity contribution in [3.8, 4) is 0 Å². The summed E-state index contributed by atoms with van der Waals surface area (Å²) < 4.78 is 2.02. The molecule has 0 atom stereocenters. The Hall–Kier alpha value is -2.94. The van der Waals surface area contributed by atoms with Crippen molar-refractivity contribution in [3.63, 3.8) is 0 Å². The van der Waals surface area contributed by atoms with E-state index < -0.39 is 0 Å². The highest BCUT2D eigenvalue weighted by molar-refractivity contribution is 14.0. The highest BCUT2D eigenvalue weighted by Gasteiger charge is 2.13. The minimum Gasteiger partial charge on any atom is -0.357 e. The van der Waals surface area contributed by atoms with E-state index in [1.807, 2.05) is 28.8 Å². The largest absolute Gasteiger partial charge is 0.357 e. The summed E-state index contributed by atoms with van der Waals surface area (Å²) >= 11 is 0. The van der Waals surface area contributed by atoms with Crippen LogP contribution in [0.2, 0.25) is 0 Å². The number of pyridine rings is 1. The molecular formula is C26H31IN6. The van der Waals surface area contributed by atoms with E-state index in [0.29, 0.717) is 5.92 Å². The molecule has 6 nitrogen and oxygen atoms in total. The molecule has 2 heterocycles. The molecule has 0 unspecified atom stereocenters. The molecule has 4 aromatic rings. The van der Waals surface area contributed by atoms with Gasteiger partial charge >= 0.3 is 0 Å². The Kier molecular flexibility index (Phi) is 9.68. The van der Waals surface area contributed by atoms with Gasteiger partial charge in [-0.05, 0) is 36.6 Å². The van der Waals surface area contributed by atoms with Crippen LogP contribution in [0.15, 0.2) is 90.1 Å². The lowest BCUT2D eigenvalue weighted by Crippen LogP contribution is -2.38. The SMILES string of the molecule is CCNC(=NCCC(c1ccccc1)c1ccccc1)NCCc1nnc2ccccn12.I. The minimum absolute atomic E-state index is 0. The molecule has 0 saturated carbocycles. The van der Waals surface area contributed by atoms with Crippen LogP contribution in [0.5, 0.6) is 0 Å². The lowest BCUT2D eigenvalue weighted by molar-refractivity contribution is 0.711. The van der Waals surface area contributed by atoms with Gasteiger partial charge in [0.25, 0.3) is 0 Å². The van der Waals surface area contributed by atoms with Crippen LogP contribution in [0.4, 0.5) is 0 Å². The van der Waals surface area contributed by atoms with Crippen molar-refractivity contribution in [1.29, 1.82) is 0 Å². The van der Waals surface area contributed by atoms with Crippen LogP contribution in [0.25, 0.3) is 5.65 Å². The third-order valence-corrected chi connectivity index (χ3v) is 5.46. The fourth-order valence-electron chi connectivity index (χ4n) is 3.90. The Balaban J connectivity index is 0.00000306. The number of hydrogen-bond donors (Lipinski definition) is 2. The van der Waals surface area contributed by atoms with Crippen molar-refractivity contribution in [3.05, 3.63) is 102 Å². The average Bonchev–Trinajstić information content (AvgIpc) is 3.26. The number of nitrogens with one attached hydrogen (secondary N) is 2. The van der Waals surface area contributed by atoms with E-state index >= 15 is 0 Å². The molecule has 172 valence electrons. The quantitative estimate of drug-likeness (QED) is 0.179. The first-order valence-corrected chi connectivity index (χ1v) is 11.3. The van der Waals surface area contributed by atoms with Gasteiger partial charge in [-0.2, -0.15) is 0 Å². The molecule has 0 bridgehead atoms. The number of guanidine groups is 1. The van der Waals surface area contributed by atoms with Crippen molar-refractivity contribution >= 4 is 35.6 Å². The maximum Gasteiger partial charge on any atom is 0.191 e. The molecule has 7 heteroatoms. The lowest BCUT2D eigenvalue weighted by atomic mass is 9.89. The smallest absolute Gasteiger partial charge is 0.191 e.